The molecule has 0 spiro atoms. The van der Waals surface area contributed by atoms with Crippen molar-refractivity contribution >= 4 is 50.1 Å². The minimum absolute atomic E-state index is 0.0526. The van der Waals surface area contributed by atoms with E-state index >= 15 is 0 Å². The van der Waals surface area contributed by atoms with Crippen LogP contribution >= 0.6 is 0 Å². The van der Waals surface area contributed by atoms with Gasteiger partial charge in [0.2, 0.25) is 15.9 Å². The van der Waals surface area contributed by atoms with Crippen LogP contribution < -0.4 is 9.62 Å². The molecule has 10 nitrogen and oxygen atoms in total. The number of pyridine rings is 1. The molecule has 44 heavy (non-hydrogen) atoms. The third-order valence-corrected chi connectivity index (χ3v) is 8.25. The molecular formula is C32H25FN4O6S. The van der Waals surface area contributed by atoms with E-state index < -0.39 is 21.7 Å². The molecule has 3 heterocycles. The number of aromatic nitrogens is 2. The fraction of sp³-hybridized carbons (Fsp3) is 0.125. The second-order valence-electron chi connectivity index (χ2n) is 9.97. The molecule has 0 aliphatic heterocycles. The molecule has 0 unspecified atom stereocenters. The lowest BCUT2D eigenvalue weighted by Gasteiger charge is -2.24. The fourth-order valence-electron chi connectivity index (χ4n) is 5.07. The summed E-state index contributed by atoms with van der Waals surface area (Å²) in [6.07, 6.45) is 3.25. The quantitative estimate of drug-likeness (QED) is 0.202. The monoisotopic (exact) mass is 612 g/mol. The first-order valence-corrected chi connectivity index (χ1v) is 15.3. The number of nitrogens with one attached hydrogen (secondary N) is 1. The first-order chi connectivity index (χ1) is 21.2. The Morgan fingerprint density at radius 1 is 0.977 bits per heavy atom. The number of nitrogens with zero attached hydrogens (tertiary/aromatic N) is 3. The van der Waals surface area contributed by atoms with Gasteiger partial charge in [-0.2, -0.15) is 4.98 Å². The van der Waals surface area contributed by atoms with E-state index in [9.17, 15) is 22.4 Å². The van der Waals surface area contributed by atoms with E-state index in [1.165, 1.54) is 37.4 Å². The highest BCUT2D eigenvalue weighted by atomic mass is 32.2. The number of aldehydes is 1. The highest BCUT2D eigenvalue weighted by Gasteiger charge is 2.27. The Morgan fingerprint density at radius 3 is 2.45 bits per heavy atom. The van der Waals surface area contributed by atoms with Crippen molar-refractivity contribution in [3.05, 3.63) is 90.4 Å². The van der Waals surface area contributed by atoms with E-state index in [2.05, 4.69) is 15.3 Å². The van der Waals surface area contributed by atoms with Crippen LogP contribution in [0.2, 0.25) is 0 Å². The predicted octanol–water partition coefficient (Wildman–Crippen LogP) is 5.82. The maximum absolute atomic E-state index is 13.7. The third kappa shape index (κ3) is 5.31. The number of carbonyl (C=O) groups is 2. The van der Waals surface area contributed by atoms with Crippen LogP contribution in [-0.4, -0.2) is 50.4 Å². The summed E-state index contributed by atoms with van der Waals surface area (Å²) in [5.74, 6) is -0.397. The predicted molar refractivity (Wildman–Crippen MR) is 164 cm³/mol. The summed E-state index contributed by atoms with van der Waals surface area (Å²) in [6.45, 7) is -0.120. The normalized spacial score (nSPS) is 11.6. The van der Waals surface area contributed by atoms with Gasteiger partial charge in [0, 0.05) is 54.4 Å². The average Bonchev–Trinajstić information content (AvgIpc) is 3.62. The Labute approximate surface area is 251 Å². The molecule has 0 saturated carbocycles. The molecule has 0 saturated heterocycles. The molecule has 1 amide bonds. The van der Waals surface area contributed by atoms with Crippen molar-refractivity contribution in [2.75, 3.05) is 24.2 Å². The number of sulfonamides is 1. The number of rotatable bonds is 9. The first kappa shape index (κ1) is 28.7. The summed E-state index contributed by atoms with van der Waals surface area (Å²) >= 11 is 0. The van der Waals surface area contributed by atoms with Crippen molar-refractivity contribution < 1.29 is 31.2 Å². The van der Waals surface area contributed by atoms with Crippen LogP contribution in [0.3, 0.4) is 0 Å². The minimum Gasteiger partial charge on any atom is -0.455 e. The second kappa shape index (κ2) is 11.4. The van der Waals surface area contributed by atoms with Crippen LogP contribution in [0.25, 0.3) is 56.1 Å². The molecule has 12 heteroatoms. The number of hydrogen-bond donors (Lipinski definition) is 1. The summed E-state index contributed by atoms with van der Waals surface area (Å²) in [6, 6.07) is 19.3. The van der Waals surface area contributed by atoms with Crippen LogP contribution in [0, 0.1) is 5.82 Å². The maximum atomic E-state index is 13.7. The Hall–Kier alpha value is -5.36. The lowest BCUT2D eigenvalue weighted by atomic mass is 9.97. The van der Waals surface area contributed by atoms with Gasteiger partial charge < -0.3 is 18.9 Å². The summed E-state index contributed by atoms with van der Waals surface area (Å²) in [4.78, 5) is 33.2. The van der Waals surface area contributed by atoms with Gasteiger partial charge in [-0.3, -0.25) is 9.10 Å². The van der Waals surface area contributed by atoms with E-state index in [-0.39, 0.29) is 35.6 Å². The SMILES string of the molecule is CNC(=O)c1c(-c2ccc(F)cc2)oc2cc(N(CCC=O)S(C)(=O)=O)c(-c3cccc(-c4nc5ncccc5o4)c3)cc12. The summed E-state index contributed by atoms with van der Waals surface area (Å²) in [5, 5.41) is 3.03. The highest BCUT2D eigenvalue weighted by Crippen LogP contribution is 2.42. The largest absolute Gasteiger partial charge is 0.455 e. The first-order valence-electron chi connectivity index (χ1n) is 13.5. The van der Waals surface area contributed by atoms with Crippen LogP contribution in [0.15, 0.2) is 87.8 Å². The second-order valence-corrected chi connectivity index (χ2v) is 11.9. The molecule has 6 rings (SSSR count). The number of oxazole rings is 1. The van der Waals surface area contributed by atoms with E-state index in [0.29, 0.717) is 51.0 Å². The Kier molecular flexibility index (Phi) is 7.43. The van der Waals surface area contributed by atoms with Crippen LogP contribution in [-0.2, 0) is 14.8 Å². The van der Waals surface area contributed by atoms with E-state index in [0.717, 1.165) is 10.6 Å². The maximum Gasteiger partial charge on any atom is 0.255 e. The van der Waals surface area contributed by atoms with Gasteiger partial charge in [-0.15, -0.1) is 0 Å². The minimum atomic E-state index is -3.88. The third-order valence-electron chi connectivity index (χ3n) is 7.07. The zero-order valence-electron chi connectivity index (χ0n) is 23.6. The zero-order chi connectivity index (χ0) is 31.0. The average molecular weight is 613 g/mol. The summed E-state index contributed by atoms with van der Waals surface area (Å²) in [5.41, 5.74) is 3.70. The number of benzene rings is 3. The topological polar surface area (TPSA) is 136 Å². The summed E-state index contributed by atoms with van der Waals surface area (Å²) in [7, 11) is -2.40. The smallest absolute Gasteiger partial charge is 0.255 e. The van der Waals surface area contributed by atoms with Gasteiger partial charge in [-0.05, 0) is 60.2 Å². The Bertz CT molecular complexity index is 2120. The van der Waals surface area contributed by atoms with Gasteiger partial charge in [-0.25, -0.2) is 17.8 Å². The van der Waals surface area contributed by atoms with E-state index in [4.69, 9.17) is 8.83 Å². The molecule has 3 aromatic carbocycles. The number of carbonyl (C=O) groups excluding carboxylic acids is 2. The Morgan fingerprint density at radius 2 is 1.75 bits per heavy atom. The van der Waals surface area contributed by atoms with Crippen molar-refractivity contribution in [3.8, 4) is 33.9 Å². The molecule has 0 atom stereocenters. The molecule has 0 bridgehead atoms. The van der Waals surface area contributed by atoms with Gasteiger partial charge in [-0.1, -0.05) is 12.1 Å². The summed E-state index contributed by atoms with van der Waals surface area (Å²) < 4.78 is 53.1. The fourth-order valence-corrected chi connectivity index (χ4v) is 6.02. The molecule has 1 N–H and O–H groups in total. The zero-order valence-corrected chi connectivity index (χ0v) is 24.4. The molecule has 6 aromatic rings. The number of halogens is 1. The van der Waals surface area contributed by atoms with Crippen molar-refractivity contribution in [2.45, 2.75) is 6.42 Å². The highest BCUT2D eigenvalue weighted by molar-refractivity contribution is 7.92. The lowest BCUT2D eigenvalue weighted by molar-refractivity contribution is -0.107. The molecule has 3 aromatic heterocycles. The number of fused-ring (bicyclic) bond motifs is 2. The van der Waals surface area contributed by atoms with Gasteiger partial charge in [0.15, 0.2) is 11.2 Å². The lowest BCUT2D eigenvalue weighted by Crippen LogP contribution is -2.31. The van der Waals surface area contributed by atoms with E-state index in [1.807, 2.05) is 0 Å². The molecule has 222 valence electrons. The van der Waals surface area contributed by atoms with Crippen LogP contribution in [0.4, 0.5) is 10.1 Å². The van der Waals surface area contributed by atoms with Crippen molar-refractivity contribution in [3.63, 3.8) is 0 Å². The van der Waals surface area contributed by atoms with Gasteiger partial charge >= 0.3 is 0 Å². The number of anilines is 1. The standard InChI is InChI=1S/C32H25FN4O6S/c1-34-31(39)28-24-17-23(20-6-3-7-21(16-20)32-36-30-26(43-32)8-4-13-35-30)25(37(14-5-15-38)44(2,40)41)18-27(24)42-29(28)19-9-11-22(33)12-10-19/h3-4,6-13,15-18H,5,14H2,1-2H3,(H,34,39). The molecule has 0 aliphatic carbocycles. The van der Waals surface area contributed by atoms with Gasteiger partial charge in [0.1, 0.15) is 23.4 Å². The van der Waals surface area contributed by atoms with Crippen LogP contribution in [0.1, 0.15) is 16.8 Å². The molecule has 0 radical (unpaired) electrons. The van der Waals surface area contributed by atoms with E-state index in [1.54, 1.807) is 48.7 Å². The van der Waals surface area contributed by atoms with Crippen LogP contribution in [0.5, 0.6) is 0 Å². The number of amides is 1. The van der Waals surface area contributed by atoms with Gasteiger partial charge in [0.25, 0.3) is 5.91 Å². The number of furan rings is 1. The number of hydrogen-bond acceptors (Lipinski definition) is 8. The molecule has 0 fully saturated rings. The van der Waals surface area contributed by atoms with Crippen molar-refractivity contribution in [1.82, 2.24) is 15.3 Å². The van der Waals surface area contributed by atoms with Crippen molar-refractivity contribution in [2.24, 2.45) is 0 Å². The molecule has 0 aliphatic rings. The van der Waals surface area contributed by atoms with Gasteiger partial charge in [0.05, 0.1) is 17.5 Å². The molecular weight excluding hydrogens is 587 g/mol. The Balaban J connectivity index is 1.63. The van der Waals surface area contributed by atoms with Crippen molar-refractivity contribution in [1.29, 1.82) is 0 Å².